The lowest BCUT2D eigenvalue weighted by molar-refractivity contribution is -0.545. The molecule has 0 saturated carbocycles. The minimum atomic E-state index is -2.27. The third kappa shape index (κ3) is 1.61. The van der Waals surface area contributed by atoms with Crippen LogP contribution in [0.5, 0.6) is 0 Å². The Morgan fingerprint density at radius 2 is 2.06 bits per heavy atom. The van der Waals surface area contributed by atoms with Crippen LogP contribution in [0.3, 0.4) is 0 Å². The fraction of sp³-hybridized carbons (Fsp3) is 0.182. The number of hydrogen-bond acceptors (Lipinski definition) is 4. The highest BCUT2D eigenvalue weighted by Crippen LogP contribution is 2.25. The number of hydrogen-bond donors (Lipinski definition) is 0. The summed E-state index contributed by atoms with van der Waals surface area (Å²) in [5, 5.41) is 11.0. The van der Waals surface area contributed by atoms with Gasteiger partial charge in [-0.15, -0.1) is 6.42 Å². The quantitative estimate of drug-likeness (QED) is 0.328. The maximum Gasteiger partial charge on any atom is 0.403 e. The van der Waals surface area contributed by atoms with Gasteiger partial charge in [0.2, 0.25) is 0 Å². The van der Waals surface area contributed by atoms with Crippen LogP contribution in [0.4, 0.5) is 0 Å². The number of terminal acetylenes is 1. The third-order valence-corrected chi connectivity index (χ3v) is 2.16. The second kappa shape index (κ2) is 4.45. The molecule has 0 aromatic heterocycles. The van der Waals surface area contributed by atoms with Gasteiger partial charge in [0.25, 0.3) is 0 Å². The van der Waals surface area contributed by atoms with E-state index in [1.165, 1.54) is 12.1 Å². The third-order valence-electron chi connectivity index (χ3n) is 2.16. The van der Waals surface area contributed by atoms with Gasteiger partial charge in [-0.05, 0) is 5.92 Å². The maximum absolute atomic E-state index is 11.5. The summed E-state index contributed by atoms with van der Waals surface area (Å²) in [6, 6.07) is 7.63. The van der Waals surface area contributed by atoms with Gasteiger partial charge in [-0.2, -0.15) is 0 Å². The van der Waals surface area contributed by atoms with Crippen molar-refractivity contribution in [2.75, 3.05) is 7.11 Å². The molecule has 0 bridgehead atoms. The van der Waals surface area contributed by atoms with Crippen LogP contribution in [-0.4, -0.2) is 18.0 Å². The molecule has 1 aromatic carbocycles. The van der Waals surface area contributed by atoms with Crippen LogP contribution in [0.2, 0.25) is 0 Å². The first-order valence-electron chi connectivity index (χ1n) is 4.35. The Morgan fingerprint density at radius 1 is 1.50 bits per heavy atom. The molecule has 5 heteroatoms. The Kier molecular flexibility index (Phi) is 3.26. The molecule has 1 rings (SSSR count). The van der Waals surface area contributed by atoms with Gasteiger partial charge in [0.15, 0.2) is 0 Å². The summed E-state index contributed by atoms with van der Waals surface area (Å²) in [4.78, 5) is 21.7. The number of ether oxygens (including phenoxy) is 1. The summed E-state index contributed by atoms with van der Waals surface area (Å²) >= 11 is 0. The fourth-order valence-electron chi connectivity index (χ4n) is 1.32. The zero-order valence-corrected chi connectivity index (χ0v) is 8.54. The van der Waals surface area contributed by atoms with Gasteiger partial charge in [0, 0.05) is 0 Å². The number of carbonyl (C=O) groups is 1. The second-order valence-corrected chi connectivity index (χ2v) is 2.97. The van der Waals surface area contributed by atoms with Crippen LogP contribution in [0.25, 0.3) is 0 Å². The molecule has 1 atom stereocenters. The van der Waals surface area contributed by atoms with Crippen LogP contribution in [0.1, 0.15) is 5.56 Å². The molecule has 0 aliphatic rings. The smallest absolute Gasteiger partial charge is 0.403 e. The fourth-order valence-corrected chi connectivity index (χ4v) is 1.32. The monoisotopic (exact) mass is 219 g/mol. The number of benzene rings is 1. The first-order valence-corrected chi connectivity index (χ1v) is 4.35. The predicted molar refractivity (Wildman–Crippen MR) is 56.0 cm³/mol. The van der Waals surface area contributed by atoms with Gasteiger partial charge in [-0.3, -0.25) is 10.1 Å². The molecule has 0 N–H and O–H groups in total. The van der Waals surface area contributed by atoms with Crippen molar-refractivity contribution in [2.24, 2.45) is 0 Å². The molecule has 0 spiro atoms. The molecular weight excluding hydrogens is 210 g/mol. The average Bonchev–Trinajstić information content (AvgIpc) is 2.31. The Bertz CT molecular complexity index is 449. The summed E-state index contributed by atoms with van der Waals surface area (Å²) in [6.07, 6.45) is 5.12. The maximum atomic E-state index is 11.5. The molecule has 0 fully saturated rings. The Labute approximate surface area is 92.2 Å². The van der Waals surface area contributed by atoms with Crippen LogP contribution >= 0.6 is 0 Å². The molecular formula is C11H9NO4. The van der Waals surface area contributed by atoms with E-state index in [9.17, 15) is 14.9 Å². The summed E-state index contributed by atoms with van der Waals surface area (Å²) < 4.78 is 4.40. The highest BCUT2D eigenvalue weighted by Gasteiger charge is 2.52. The van der Waals surface area contributed by atoms with Crippen molar-refractivity contribution in [1.29, 1.82) is 0 Å². The SMILES string of the molecule is C#CC(C(=O)OC)(c1ccccc1)[N+](=O)[O-]. The zero-order chi connectivity index (χ0) is 12.2. The molecule has 0 heterocycles. The summed E-state index contributed by atoms with van der Waals surface area (Å²) in [5.41, 5.74) is -2.16. The van der Waals surface area contributed by atoms with Crippen LogP contribution in [0.15, 0.2) is 30.3 Å². The van der Waals surface area contributed by atoms with E-state index in [-0.39, 0.29) is 5.56 Å². The molecule has 1 aromatic rings. The average molecular weight is 219 g/mol. The van der Waals surface area contributed by atoms with Crippen molar-refractivity contribution in [1.82, 2.24) is 0 Å². The van der Waals surface area contributed by atoms with E-state index in [1.54, 1.807) is 18.2 Å². The summed E-state index contributed by atoms with van der Waals surface area (Å²) in [5.74, 6) is 0.831. The van der Waals surface area contributed by atoms with Gasteiger partial charge in [0.05, 0.1) is 17.6 Å². The minimum absolute atomic E-state index is 0.106. The largest absolute Gasteiger partial charge is 0.463 e. The van der Waals surface area contributed by atoms with E-state index >= 15 is 0 Å². The number of rotatable bonds is 3. The van der Waals surface area contributed by atoms with Crippen LogP contribution < -0.4 is 0 Å². The van der Waals surface area contributed by atoms with E-state index in [2.05, 4.69) is 4.74 Å². The summed E-state index contributed by atoms with van der Waals surface area (Å²) in [7, 11) is 1.06. The first kappa shape index (κ1) is 11.7. The number of carbonyl (C=O) groups excluding carboxylic acids is 1. The predicted octanol–water partition coefficient (Wildman–Crippen LogP) is 0.965. The number of esters is 1. The zero-order valence-electron chi connectivity index (χ0n) is 8.54. The van der Waals surface area contributed by atoms with Gasteiger partial charge >= 0.3 is 11.5 Å². The molecule has 5 nitrogen and oxygen atoms in total. The van der Waals surface area contributed by atoms with Crippen molar-refractivity contribution in [3.8, 4) is 12.3 Å². The second-order valence-electron chi connectivity index (χ2n) is 2.97. The molecule has 0 aliphatic heterocycles. The molecule has 0 saturated heterocycles. The lowest BCUT2D eigenvalue weighted by Crippen LogP contribution is -2.43. The molecule has 82 valence electrons. The molecule has 0 aliphatic carbocycles. The molecule has 0 radical (unpaired) electrons. The van der Waals surface area contributed by atoms with Gasteiger partial charge in [0.1, 0.15) is 0 Å². The Hall–Kier alpha value is -2.35. The van der Waals surface area contributed by atoms with Crippen molar-refractivity contribution >= 4 is 5.97 Å². The number of nitro groups is 1. The first-order chi connectivity index (χ1) is 7.59. The Balaban J connectivity index is 3.43. The Morgan fingerprint density at radius 3 is 2.44 bits per heavy atom. The van der Waals surface area contributed by atoms with E-state index in [0.29, 0.717) is 0 Å². The highest BCUT2D eigenvalue weighted by molar-refractivity contribution is 5.84. The minimum Gasteiger partial charge on any atom is -0.463 e. The van der Waals surface area contributed by atoms with Gasteiger partial charge < -0.3 is 4.74 Å². The summed E-state index contributed by atoms with van der Waals surface area (Å²) in [6.45, 7) is 0. The van der Waals surface area contributed by atoms with Crippen LogP contribution in [-0.2, 0) is 15.1 Å². The normalized spacial score (nSPS) is 13.2. The molecule has 1 unspecified atom stereocenters. The van der Waals surface area contributed by atoms with Crippen molar-refractivity contribution in [2.45, 2.75) is 5.54 Å². The van der Waals surface area contributed by atoms with Gasteiger partial charge in [-0.25, -0.2) is 4.79 Å². The van der Waals surface area contributed by atoms with Crippen LogP contribution in [0, 0.1) is 22.5 Å². The molecule has 0 amide bonds. The number of methoxy groups -OCH3 is 1. The highest BCUT2D eigenvalue weighted by atomic mass is 16.6. The molecule has 16 heavy (non-hydrogen) atoms. The van der Waals surface area contributed by atoms with Crippen molar-refractivity contribution in [3.63, 3.8) is 0 Å². The van der Waals surface area contributed by atoms with E-state index in [0.717, 1.165) is 7.11 Å². The topological polar surface area (TPSA) is 69.4 Å². The van der Waals surface area contributed by atoms with Crippen molar-refractivity contribution < 1.29 is 14.5 Å². The van der Waals surface area contributed by atoms with E-state index in [4.69, 9.17) is 6.42 Å². The lowest BCUT2D eigenvalue weighted by atomic mass is 9.91. The van der Waals surface area contributed by atoms with Gasteiger partial charge in [-0.1, -0.05) is 30.3 Å². The van der Waals surface area contributed by atoms with E-state index < -0.39 is 16.4 Å². The van der Waals surface area contributed by atoms with E-state index in [1.807, 2.05) is 5.92 Å². The van der Waals surface area contributed by atoms with Crippen molar-refractivity contribution in [3.05, 3.63) is 46.0 Å². The lowest BCUT2D eigenvalue weighted by Gasteiger charge is -2.16. The number of nitrogens with zero attached hydrogens (tertiary/aromatic N) is 1. The standard InChI is InChI=1S/C11H9NO4/c1-3-11(12(14)15,10(13)16-2)9-7-5-4-6-8-9/h1,4-8H,2H3.